The van der Waals surface area contributed by atoms with Crippen LogP contribution in [0.25, 0.3) is 11.2 Å². The molecule has 0 saturated heterocycles. The third-order valence-electron chi connectivity index (χ3n) is 2.49. The summed E-state index contributed by atoms with van der Waals surface area (Å²) in [4.78, 5) is 8.76. The van der Waals surface area contributed by atoms with Gasteiger partial charge in [-0.05, 0) is 19.1 Å². The molecule has 2 rings (SSSR count). The van der Waals surface area contributed by atoms with E-state index >= 15 is 0 Å². The highest BCUT2D eigenvalue weighted by molar-refractivity contribution is 7.84. The fourth-order valence-electron chi connectivity index (χ4n) is 1.72. The first-order valence-electron chi connectivity index (χ1n) is 5.35. The molecule has 92 valence electrons. The normalized spacial score (nSPS) is 15.0. The molecule has 2 aromatic heterocycles. The Bertz CT molecular complexity index is 553. The summed E-state index contributed by atoms with van der Waals surface area (Å²) in [6.45, 7) is 2.51. The first-order chi connectivity index (χ1) is 8.09. The van der Waals surface area contributed by atoms with Gasteiger partial charge in [0.25, 0.3) is 0 Å². The number of halogens is 1. The van der Waals surface area contributed by atoms with Crippen LogP contribution in [0.3, 0.4) is 0 Å². The van der Waals surface area contributed by atoms with E-state index in [1.165, 1.54) is 0 Å². The molecule has 0 saturated carbocycles. The van der Waals surface area contributed by atoms with E-state index < -0.39 is 10.8 Å². The Balaban J connectivity index is 2.48. The van der Waals surface area contributed by atoms with Crippen molar-refractivity contribution in [1.82, 2.24) is 14.5 Å². The molecule has 0 N–H and O–H groups in total. The molecule has 2 atom stereocenters. The summed E-state index contributed by atoms with van der Waals surface area (Å²) >= 11 is 6.11. The Morgan fingerprint density at radius 3 is 3.00 bits per heavy atom. The third kappa shape index (κ3) is 2.66. The Morgan fingerprint density at radius 2 is 2.35 bits per heavy atom. The third-order valence-corrected chi connectivity index (χ3v) is 3.44. The van der Waals surface area contributed by atoms with Crippen molar-refractivity contribution in [3.63, 3.8) is 0 Å². The summed E-state index contributed by atoms with van der Waals surface area (Å²) in [7, 11) is -0.834. The van der Waals surface area contributed by atoms with Crippen molar-refractivity contribution in [1.29, 1.82) is 0 Å². The highest BCUT2D eigenvalue weighted by atomic mass is 35.5. The summed E-state index contributed by atoms with van der Waals surface area (Å²) in [6, 6.07) is 3.75. The van der Waals surface area contributed by atoms with Crippen LogP contribution in [0.1, 0.15) is 18.1 Å². The van der Waals surface area contributed by atoms with Gasteiger partial charge in [-0.2, -0.15) is 0 Å². The lowest BCUT2D eigenvalue weighted by molar-refractivity contribution is 0.671. The van der Waals surface area contributed by atoms with Gasteiger partial charge in [0, 0.05) is 35.5 Å². The molecular formula is C11H14ClN3OS. The average molecular weight is 272 g/mol. The largest absolute Gasteiger partial charge is 0.311 e. The van der Waals surface area contributed by atoms with Crippen molar-refractivity contribution in [2.75, 3.05) is 12.0 Å². The molecule has 0 radical (unpaired) electrons. The molecule has 0 bridgehead atoms. The van der Waals surface area contributed by atoms with Gasteiger partial charge in [0.2, 0.25) is 0 Å². The number of fused-ring (bicyclic) bond motifs is 1. The van der Waals surface area contributed by atoms with Crippen LogP contribution in [0.2, 0.25) is 0 Å². The molecule has 2 unspecified atom stereocenters. The fraction of sp³-hybridized carbons (Fsp3) is 0.455. The number of nitrogens with zero attached hydrogens (tertiary/aromatic N) is 3. The standard InChI is InChI=1S/C11H14ClN3OS/c1-8(12)10-14-9-4-3-5-13-11(9)15(10)6-7-17(2)16/h3-5,8H,6-7H2,1-2H3. The topological polar surface area (TPSA) is 47.8 Å². The molecule has 2 heterocycles. The smallest absolute Gasteiger partial charge is 0.160 e. The van der Waals surface area contributed by atoms with E-state index in [1.54, 1.807) is 12.5 Å². The number of imidazole rings is 1. The van der Waals surface area contributed by atoms with Crippen molar-refractivity contribution in [3.8, 4) is 0 Å². The Morgan fingerprint density at radius 1 is 1.59 bits per heavy atom. The lowest BCUT2D eigenvalue weighted by atomic mass is 10.4. The van der Waals surface area contributed by atoms with Crippen molar-refractivity contribution >= 4 is 33.6 Å². The number of aryl methyl sites for hydroxylation is 1. The van der Waals surface area contributed by atoms with Gasteiger partial charge in [-0.3, -0.25) is 4.21 Å². The second kappa shape index (κ2) is 5.14. The van der Waals surface area contributed by atoms with Crippen molar-refractivity contribution in [3.05, 3.63) is 24.2 Å². The monoisotopic (exact) mass is 271 g/mol. The number of rotatable bonds is 4. The van der Waals surface area contributed by atoms with Crippen LogP contribution in [-0.4, -0.2) is 30.8 Å². The first-order valence-corrected chi connectivity index (χ1v) is 7.51. The molecular weight excluding hydrogens is 258 g/mol. The maximum Gasteiger partial charge on any atom is 0.160 e. The van der Waals surface area contributed by atoms with Crippen molar-refractivity contribution in [2.45, 2.75) is 18.8 Å². The maximum absolute atomic E-state index is 11.2. The predicted octanol–water partition coefficient (Wildman–Crippen LogP) is 2.11. The zero-order valence-electron chi connectivity index (χ0n) is 9.76. The maximum atomic E-state index is 11.2. The Hall–Kier alpha value is -0.940. The zero-order chi connectivity index (χ0) is 12.4. The minimum atomic E-state index is -0.834. The molecule has 0 aromatic carbocycles. The number of alkyl halides is 1. The van der Waals surface area contributed by atoms with Crippen molar-refractivity contribution < 1.29 is 4.21 Å². The van der Waals surface area contributed by atoms with Gasteiger partial charge < -0.3 is 4.57 Å². The molecule has 4 nitrogen and oxygen atoms in total. The van der Waals surface area contributed by atoms with Gasteiger partial charge in [0.15, 0.2) is 5.65 Å². The molecule has 2 aromatic rings. The number of pyridine rings is 1. The minimum absolute atomic E-state index is 0.186. The number of hydrogen-bond acceptors (Lipinski definition) is 3. The second-order valence-corrected chi connectivity index (χ2v) is 6.07. The van der Waals surface area contributed by atoms with Gasteiger partial charge >= 0.3 is 0 Å². The Kier molecular flexibility index (Phi) is 3.79. The van der Waals surface area contributed by atoms with Gasteiger partial charge in [-0.15, -0.1) is 11.6 Å². The summed E-state index contributed by atoms with van der Waals surface area (Å²) in [5.41, 5.74) is 1.64. The lowest BCUT2D eigenvalue weighted by Crippen LogP contribution is -2.10. The van der Waals surface area contributed by atoms with Crippen LogP contribution < -0.4 is 0 Å². The molecule has 17 heavy (non-hydrogen) atoms. The van der Waals surface area contributed by atoms with Crippen LogP contribution >= 0.6 is 11.6 Å². The highest BCUT2D eigenvalue weighted by Crippen LogP contribution is 2.23. The van der Waals surface area contributed by atoms with Crippen LogP contribution in [-0.2, 0) is 17.3 Å². The van der Waals surface area contributed by atoms with E-state index in [-0.39, 0.29) is 5.38 Å². The molecule has 0 aliphatic rings. The number of aromatic nitrogens is 3. The van der Waals surface area contributed by atoms with E-state index in [4.69, 9.17) is 11.6 Å². The summed E-state index contributed by atoms with van der Waals surface area (Å²) in [5.74, 6) is 1.37. The van der Waals surface area contributed by atoms with E-state index in [1.807, 2.05) is 23.6 Å². The average Bonchev–Trinajstić information content (AvgIpc) is 2.65. The molecule has 0 fully saturated rings. The molecule has 0 amide bonds. The minimum Gasteiger partial charge on any atom is -0.311 e. The van der Waals surface area contributed by atoms with Gasteiger partial charge in [-0.25, -0.2) is 9.97 Å². The SMILES string of the molecule is CC(Cl)c1nc2cccnc2n1CCS(C)=O. The van der Waals surface area contributed by atoms with Crippen molar-refractivity contribution in [2.24, 2.45) is 0 Å². The molecule has 6 heteroatoms. The highest BCUT2D eigenvalue weighted by Gasteiger charge is 2.15. The second-order valence-electron chi connectivity index (χ2n) is 3.86. The van der Waals surface area contributed by atoms with E-state index in [2.05, 4.69) is 9.97 Å². The predicted molar refractivity (Wildman–Crippen MR) is 70.7 cm³/mol. The molecule has 0 spiro atoms. The Labute approximate surface area is 107 Å². The van der Waals surface area contributed by atoms with Gasteiger partial charge in [0.1, 0.15) is 11.3 Å². The fourth-order valence-corrected chi connectivity index (χ4v) is 2.33. The van der Waals surface area contributed by atoms with Crippen LogP contribution in [0, 0.1) is 0 Å². The summed E-state index contributed by atoms with van der Waals surface area (Å²) in [5, 5.41) is -0.186. The van der Waals surface area contributed by atoms with Gasteiger partial charge in [-0.1, -0.05) is 0 Å². The van der Waals surface area contributed by atoms with Gasteiger partial charge in [0.05, 0.1) is 5.38 Å². The first kappa shape index (κ1) is 12.5. The van der Waals surface area contributed by atoms with E-state index in [0.717, 1.165) is 17.0 Å². The lowest BCUT2D eigenvalue weighted by Gasteiger charge is -2.08. The van der Waals surface area contributed by atoms with E-state index in [0.29, 0.717) is 12.3 Å². The summed E-state index contributed by atoms with van der Waals surface area (Å²) < 4.78 is 13.1. The quantitative estimate of drug-likeness (QED) is 0.800. The van der Waals surface area contributed by atoms with E-state index in [9.17, 15) is 4.21 Å². The summed E-state index contributed by atoms with van der Waals surface area (Å²) in [6.07, 6.45) is 3.42. The molecule has 0 aliphatic heterocycles. The molecule has 0 aliphatic carbocycles. The van der Waals surface area contributed by atoms with Crippen LogP contribution in [0.5, 0.6) is 0 Å². The van der Waals surface area contributed by atoms with Crippen LogP contribution in [0.4, 0.5) is 0 Å². The number of hydrogen-bond donors (Lipinski definition) is 0. The van der Waals surface area contributed by atoms with Crippen LogP contribution in [0.15, 0.2) is 18.3 Å². The zero-order valence-corrected chi connectivity index (χ0v) is 11.3.